The van der Waals surface area contributed by atoms with Crippen LogP contribution in [0.2, 0.25) is 0 Å². The summed E-state index contributed by atoms with van der Waals surface area (Å²) in [6.45, 7) is 4.45. The number of hydrogen-bond donors (Lipinski definition) is 0. The van der Waals surface area contributed by atoms with Crippen molar-refractivity contribution in [3.05, 3.63) is 75.8 Å². The van der Waals surface area contributed by atoms with Gasteiger partial charge in [0.2, 0.25) is 0 Å². The maximum Gasteiger partial charge on any atom is 0.255 e. The molecule has 29 heavy (non-hydrogen) atoms. The van der Waals surface area contributed by atoms with Gasteiger partial charge in [0.15, 0.2) is 0 Å². The number of likely N-dealkylation sites (tertiary alicyclic amines) is 1. The van der Waals surface area contributed by atoms with Crippen LogP contribution in [0.1, 0.15) is 29.3 Å². The average Bonchev–Trinajstić information content (AvgIpc) is 2.70. The zero-order valence-corrected chi connectivity index (χ0v) is 17.2. The molecular weight excluding hydrogens is 360 g/mol. The average molecular weight is 389 g/mol. The fourth-order valence-corrected chi connectivity index (χ4v) is 5.11. The van der Waals surface area contributed by atoms with Crippen molar-refractivity contribution >= 4 is 10.9 Å². The quantitative estimate of drug-likeness (QED) is 0.689. The van der Waals surface area contributed by atoms with Crippen LogP contribution in [-0.2, 0) is 19.6 Å². The van der Waals surface area contributed by atoms with Crippen molar-refractivity contribution < 1.29 is 0 Å². The lowest BCUT2D eigenvalue weighted by Gasteiger charge is -2.43. The summed E-state index contributed by atoms with van der Waals surface area (Å²) in [5.74, 6) is 0.970. The SMILES string of the molecule is CN(C)Cc1ccc2n(c1=O)C[C@H]1C[C@@H]2CN(Cc2ccc3ccccc3n2)C1. The second-order valence-corrected chi connectivity index (χ2v) is 8.93. The largest absolute Gasteiger partial charge is 0.312 e. The molecule has 5 nitrogen and oxygen atoms in total. The molecule has 3 aromatic rings. The topological polar surface area (TPSA) is 41.4 Å². The molecule has 4 heterocycles. The first-order valence-corrected chi connectivity index (χ1v) is 10.5. The third-order valence-electron chi connectivity index (χ3n) is 6.29. The number of rotatable bonds is 4. The number of piperidine rings is 1. The van der Waals surface area contributed by atoms with Gasteiger partial charge in [-0.15, -0.1) is 0 Å². The Morgan fingerprint density at radius 2 is 1.90 bits per heavy atom. The molecule has 0 radical (unpaired) electrons. The van der Waals surface area contributed by atoms with Crippen LogP contribution in [0.5, 0.6) is 0 Å². The minimum Gasteiger partial charge on any atom is -0.312 e. The molecule has 0 saturated carbocycles. The summed E-state index contributed by atoms with van der Waals surface area (Å²) >= 11 is 0. The first kappa shape index (κ1) is 18.5. The number of para-hydroxylation sites is 1. The van der Waals surface area contributed by atoms with Crippen LogP contribution in [0.4, 0.5) is 0 Å². The van der Waals surface area contributed by atoms with Gasteiger partial charge in [0.25, 0.3) is 5.56 Å². The molecule has 0 unspecified atom stereocenters. The van der Waals surface area contributed by atoms with E-state index in [4.69, 9.17) is 4.98 Å². The van der Waals surface area contributed by atoms with Gasteiger partial charge in [0.05, 0.1) is 11.2 Å². The molecule has 150 valence electrons. The number of nitrogens with zero attached hydrogens (tertiary/aromatic N) is 4. The van der Waals surface area contributed by atoms with Crippen molar-refractivity contribution in [3.63, 3.8) is 0 Å². The lowest BCUT2D eigenvalue weighted by molar-refractivity contribution is 0.113. The Balaban J connectivity index is 1.37. The van der Waals surface area contributed by atoms with Gasteiger partial charge in [-0.05, 0) is 44.6 Å². The van der Waals surface area contributed by atoms with Crippen molar-refractivity contribution in [3.8, 4) is 0 Å². The highest BCUT2D eigenvalue weighted by atomic mass is 16.1. The Labute approximate surface area is 171 Å². The fourth-order valence-electron chi connectivity index (χ4n) is 5.11. The molecule has 5 heteroatoms. The highest BCUT2D eigenvalue weighted by Crippen LogP contribution is 2.35. The van der Waals surface area contributed by atoms with E-state index in [1.54, 1.807) is 0 Å². The third-order valence-corrected chi connectivity index (χ3v) is 6.29. The zero-order chi connectivity index (χ0) is 20.0. The fraction of sp³-hybridized carbons (Fsp3) is 0.417. The Bertz CT molecular complexity index is 1100. The standard InChI is InChI=1S/C24H28N4O/c1-26(2)14-19-8-10-23-20-11-17(13-28(23)24(19)29)12-27(15-20)16-21-9-7-18-5-3-4-6-22(18)25-21/h3-10,17,20H,11-16H2,1-2H3/t17-,20+/m0/s1. The van der Waals surface area contributed by atoms with E-state index in [9.17, 15) is 4.79 Å². The van der Waals surface area contributed by atoms with E-state index in [0.717, 1.165) is 43.0 Å². The van der Waals surface area contributed by atoms with E-state index >= 15 is 0 Å². The van der Waals surface area contributed by atoms with E-state index in [1.165, 1.54) is 17.5 Å². The van der Waals surface area contributed by atoms with Crippen LogP contribution in [-0.4, -0.2) is 46.5 Å². The van der Waals surface area contributed by atoms with E-state index in [1.807, 2.05) is 26.2 Å². The van der Waals surface area contributed by atoms with Crippen molar-refractivity contribution in [1.29, 1.82) is 0 Å². The lowest BCUT2D eigenvalue weighted by Crippen LogP contribution is -2.47. The van der Waals surface area contributed by atoms with Gasteiger partial charge < -0.3 is 9.47 Å². The highest BCUT2D eigenvalue weighted by Gasteiger charge is 2.35. The normalized spacial score (nSPS) is 21.5. The minimum absolute atomic E-state index is 0.204. The van der Waals surface area contributed by atoms with Gasteiger partial charge in [-0.25, -0.2) is 0 Å². The van der Waals surface area contributed by atoms with Crippen LogP contribution in [0.25, 0.3) is 10.9 Å². The number of benzene rings is 1. The van der Waals surface area contributed by atoms with Crippen molar-refractivity contribution in [2.75, 3.05) is 27.2 Å². The van der Waals surface area contributed by atoms with Gasteiger partial charge in [-0.3, -0.25) is 14.7 Å². The Kier molecular flexibility index (Phi) is 4.72. The summed E-state index contributed by atoms with van der Waals surface area (Å²) in [5.41, 5.74) is 4.51. The summed E-state index contributed by atoms with van der Waals surface area (Å²) < 4.78 is 2.06. The van der Waals surface area contributed by atoms with Gasteiger partial charge in [-0.1, -0.05) is 30.3 Å². The molecule has 1 fully saturated rings. The molecule has 2 aliphatic rings. The molecule has 1 aromatic carbocycles. The Morgan fingerprint density at radius 1 is 1.03 bits per heavy atom. The van der Waals surface area contributed by atoms with Crippen molar-refractivity contribution in [2.45, 2.75) is 32.0 Å². The van der Waals surface area contributed by atoms with E-state index in [0.29, 0.717) is 18.4 Å². The van der Waals surface area contributed by atoms with E-state index in [-0.39, 0.29) is 5.56 Å². The molecule has 2 aromatic heterocycles. The predicted octanol–water partition coefficient (Wildman–Crippen LogP) is 3.08. The Hall–Kier alpha value is -2.50. The van der Waals surface area contributed by atoms with Gasteiger partial charge in [-0.2, -0.15) is 0 Å². The van der Waals surface area contributed by atoms with E-state index < -0.39 is 0 Å². The molecule has 0 amide bonds. The summed E-state index contributed by atoms with van der Waals surface area (Å²) in [7, 11) is 4.02. The highest BCUT2D eigenvalue weighted by molar-refractivity contribution is 5.78. The number of pyridine rings is 2. The first-order valence-electron chi connectivity index (χ1n) is 10.5. The maximum absolute atomic E-state index is 13.0. The molecule has 1 saturated heterocycles. The second kappa shape index (κ2) is 7.39. The van der Waals surface area contributed by atoms with Crippen molar-refractivity contribution in [2.24, 2.45) is 5.92 Å². The molecule has 5 rings (SSSR count). The molecule has 0 spiro atoms. The number of fused-ring (bicyclic) bond motifs is 5. The minimum atomic E-state index is 0.204. The van der Waals surface area contributed by atoms with Crippen LogP contribution >= 0.6 is 0 Å². The third kappa shape index (κ3) is 3.61. The summed E-state index contributed by atoms with van der Waals surface area (Å²) in [6, 6.07) is 16.8. The summed E-state index contributed by atoms with van der Waals surface area (Å²) in [4.78, 5) is 22.4. The molecule has 2 atom stereocenters. The van der Waals surface area contributed by atoms with Crippen LogP contribution < -0.4 is 5.56 Å². The number of aromatic nitrogens is 2. The molecule has 2 aliphatic heterocycles. The maximum atomic E-state index is 13.0. The first-order chi connectivity index (χ1) is 14.1. The van der Waals surface area contributed by atoms with Crippen LogP contribution in [0.3, 0.4) is 0 Å². The molecule has 0 N–H and O–H groups in total. The predicted molar refractivity (Wildman–Crippen MR) is 116 cm³/mol. The van der Waals surface area contributed by atoms with Gasteiger partial charge in [0, 0.05) is 55.3 Å². The van der Waals surface area contributed by atoms with Crippen molar-refractivity contribution in [1.82, 2.24) is 19.4 Å². The number of hydrogen-bond acceptors (Lipinski definition) is 4. The summed E-state index contributed by atoms with van der Waals surface area (Å²) in [5, 5.41) is 1.19. The van der Waals surface area contributed by atoms with Gasteiger partial charge >= 0.3 is 0 Å². The molecular formula is C24H28N4O. The van der Waals surface area contributed by atoms with Crippen LogP contribution in [0, 0.1) is 5.92 Å². The Morgan fingerprint density at radius 3 is 2.76 bits per heavy atom. The summed E-state index contributed by atoms with van der Waals surface area (Å²) in [6.07, 6.45) is 1.19. The second-order valence-electron chi connectivity index (χ2n) is 8.93. The lowest BCUT2D eigenvalue weighted by atomic mass is 9.83. The molecule has 0 aliphatic carbocycles. The zero-order valence-electron chi connectivity index (χ0n) is 17.2. The van der Waals surface area contributed by atoms with Crippen LogP contribution in [0.15, 0.2) is 53.3 Å². The smallest absolute Gasteiger partial charge is 0.255 e. The van der Waals surface area contributed by atoms with E-state index in [2.05, 4.69) is 50.8 Å². The molecule has 2 bridgehead atoms. The monoisotopic (exact) mass is 388 g/mol. The van der Waals surface area contributed by atoms with Gasteiger partial charge in [0.1, 0.15) is 0 Å².